The minimum absolute atomic E-state index is 0.0208. The van der Waals surface area contributed by atoms with E-state index < -0.39 is 10.0 Å². The number of aryl methyl sites for hydroxylation is 3. The van der Waals surface area contributed by atoms with Gasteiger partial charge in [-0.15, -0.1) is 0 Å². The molecule has 1 aromatic heterocycles. The molecule has 0 saturated carbocycles. The molecule has 1 unspecified atom stereocenters. The molecule has 3 rings (SSSR count). The zero-order valence-corrected chi connectivity index (χ0v) is 17.5. The number of nitrogens with zero attached hydrogens (tertiary/aromatic N) is 4. The largest absolute Gasteiger partial charge is 0.345 e. The highest BCUT2D eigenvalue weighted by Crippen LogP contribution is 2.31. The highest BCUT2D eigenvalue weighted by molar-refractivity contribution is 7.89. The van der Waals surface area contributed by atoms with E-state index in [0.717, 1.165) is 24.0 Å². The monoisotopic (exact) mass is 392 g/mol. The Labute approximate surface area is 160 Å². The van der Waals surface area contributed by atoms with Crippen molar-refractivity contribution in [3.8, 4) is 0 Å². The molecule has 0 spiro atoms. The fourth-order valence-electron chi connectivity index (χ4n) is 3.86. The second kappa shape index (κ2) is 7.24. The first-order chi connectivity index (χ1) is 12.6. The predicted molar refractivity (Wildman–Crippen MR) is 105 cm³/mol. The summed E-state index contributed by atoms with van der Waals surface area (Å²) in [5.41, 5.74) is 1.64. The molecule has 1 aliphatic rings. The average Bonchev–Trinajstić information content (AvgIpc) is 2.90. The summed E-state index contributed by atoms with van der Waals surface area (Å²) < 4.78 is 31.0. The van der Waals surface area contributed by atoms with Gasteiger partial charge in [-0.25, -0.2) is 17.9 Å². The first kappa shape index (κ1) is 19.8. The van der Waals surface area contributed by atoms with Crippen molar-refractivity contribution in [3.05, 3.63) is 45.6 Å². The number of hydrogen-bond acceptors (Lipinski definition) is 4. The van der Waals surface area contributed by atoms with Crippen molar-refractivity contribution >= 4 is 10.0 Å². The molecule has 0 radical (unpaired) electrons. The highest BCUT2D eigenvalue weighted by atomic mass is 32.2. The molecule has 2 aromatic rings. The van der Waals surface area contributed by atoms with E-state index in [1.165, 1.54) is 4.68 Å². The van der Waals surface area contributed by atoms with E-state index >= 15 is 0 Å². The molecule has 2 heterocycles. The Hall–Kier alpha value is -1.93. The van der Waals surface area contributed by atoms with Crippen LogP contribution in [0.3, 0.4) is 0 Å². The van der Waals surface area contributed by atoms with Gasteiger partial charge in [0.2, 0.25) is 10.0 Å². The van der Waals surface area contributed by atoms with Gasteiger partial charge >= 0.3 is 5.69 Å². The number of rotatable bonds is 4. The molecule has 1 fully saturated rings. The molecule has 148 valence electrons. The van der Waals surface area contributed by atoms with Gasteiger partial charge in [0.15, 0.2) is 0 Å². The Balaban J connectivity index is 1.95. The van der Waals surface area contributed by atoms with Crippen LogP contribution in [-0.2, 0) is 17.1 Å². The van der Waals surface area contributed by atoms with Crippen molar-refractivity contribution in [3.63, 3.8) is 0 Å². The van der Waals surface area contributed by atoms with Crippen LogP contribution in [-0.4, -0.2) is 40.2 Å². The molecule has 1 saturated heterocycles. The third-order valence-electron chi connectivity index (χ3n) is 5.20. The van der Waals surface area contributed by atoms with Crippen molar-refractivity contribution in [2.24, 2.45) is 7.05 Å². The van der Waals surface area contributed by atoms with Gasteiger partial charge in [0, 0.05) is 32.1 Å². The highest BCUT2D eigenvalue weighted by Gasteiger charge is 2.34. The molecule has 0 amide bonds. The van der Waals surface area contributed by atoms with E-state index in [1.807, 2.05) is 39.8 Å². The summed E-state index contributed by atoms with van der Waals surface area (Å²) in [5, 5.41) is 4.42. The van der Waals surface area contributed by atoms with E-state index in [2.05, 4.69) is 5.10 Å². The predicted octanol–water partition coefficient (Wildman–Crippen LogP) is 2.35. The minimum Gasteiger partial charge on any atom is -0.276 e. The quantitative estimate of drug-likeness (QED) is 0.800. The third kappa shape index (κ3) is 3.60. The van der Waals surface area contributed by atoms with E-state index in [4.69, 9.17) is 0 Å². The molecule has 1 aliphatic heterocycles. The Morgan fingerprint density at radius 3 is 2.56 bits per heavy atom. The maximum atomic E-state index is 13.2. The topological polar surface area (TPSA) is 77.2 Å². The summed E-state index contributed by atoms with van der Waals surface area (Å²) in [6.45, 7) is 8.51. The maximum Gasteiger partial charge on any atom is 0.345 e. The van der Waals surface area contributed by atoms with Gasteiger partial charge in [-0.1, -0.05) is 17.7 Å². The summed E-state index contributed by atoms with van der Waals surface area (Å²) in [7, 11) is -1.94. The number of benzene rings is 1. The van der Waals surface area contributed by atoms with Crippen LogP contribution in [0.5, 0.6) is 0 Å². The second-order valence-corrected chi connectivity index (χ2v) is 9.61. The fraction of sp³-hybridized carbons (Fsp3) is 0.579. The van der Waals surface area contributed by atoms with E-state index in [0.29, 0.717) is 23.8 Å². The molecule has 0 N–H and O–H groups in total. The molecule has 0 bridgehead atoms. The van der Waals surface area contributed by atoms with Crippen LogP contribution in [0.2, 0.25) is 0 Å². The van der Waals surface area contributed by atoms with Crippen LogP contribution in [0.15, 0.2) is 27.9 Å². The molecule has 1 atom stereocenters. The summed E-state index contributed by atoms with van der Waals surface area (Å²) in [5.74, 6) is 0.591. The molecule has 7 nitrogen and oxygen atoms in total. The Morgan fingerprint density at radius 1 is 1.22 bits per heavy atom. The third-order valence-corrected chi connectivity index (χ3v) is 7.22. The number of aromatic nitrogens is 3. The van der Waals surface area contributed by atoms with Gasteiger partial charge in [-0.2, -0.15) is 9.40 Å². The first-order valence-electron chi connectivity index (χ1n) is 9.35. The van der Waals surface area contributed by atoms with Crippen molar-refractivity contribution in [1.29, 1.82) is 0 Å². The molecule has 27 heavy (non-hydrogen) atoms. The Kier molecular flexibility index (Phi) is 5.31. The van der Waals surface area contributed by atoms with Gasteiger partial charge in [-0.05, 0) is 52.2 Å². The molecular formula is C19H28N4O3S. The zero-order valence-electron chi connectivity index (χ0n) is 16.6. The second-order valence-electron chi connectivity index (χ2n) is 7.70. The van der Waals surface area contributed by atoms with Crippen LogP contribution in [0.4, 0.5) is 0 Å². The van der Waals surface area contributed by atoms with E-state index in [9.17, 15) is 13.2 Å². The van der Waals surface area contributed by atoms with Crippen LogP contribution in [0.1, 0.15) is 55.6 Å². The Morgan fingerprint density at radius 2 is 1.93 bits per heavy atom. The summed E-state index contributed by atoms with van der Waals surface area (Å²) in [4.78, 5) is 12.7. The van der Waals surface area contributed by atoms with Crippen molar-refractivity contribution in [2.45, 2.75) is 57.4 Å². The molecule has 1 aromatic carbocycles. The van der Waals surface area contributed by atoms with Crippen LogP contribution in [0.25, 0.3) is 0 Å². The zero-order chi connectivity index (χ0) is 19.9. The van der Waals surface area contributed by atoms with E-state index in [1.54, 1.807) is 22.0 Å². The van der Waals surface area contributed by atoms with Gasteiger partial charge in [0.1, 0.15) is 5.82 Å². The SMILES string of the molecule is Cc1ccc(S(=O)(=O)N2CCCC(c3nn(C)c(=O)n3C(C)C)C2)c(C)c1. The minimum atomic E-state index is -3.58. The fourth-order valence-corrected chi connectivity index (χ4v) is 5.59. The smallest absolute Gasteiger partial charge is 0.276 e. The number of hydrogen-bond donors (Lipinski definition) is 0. The normalized spacial score (nSPS) is 19.0. The van der Waals surface area contributed by atoms with Crippen molar-refractivity contribution < 1.29 is 8.42 Å². The molecule has 0 aliphatic carbocycles. The summed E-state index contributed by atoms with van der Waals surface area (Å²) >= 11 is 0. The number of piperidine rings is 1. The lowest BCUT2D eigenvalue weighted by Crippen LogP contribution is -2.40. The van der Waals surface area contributed by atoms with Gasteiger partial charge < -0.3 is 0 Å². The lowest BCUT2D eigenvalue weighted by molar-refractivity contribution is 0.301. The van der Waals surface area contributed by atoms with Crippen molar-refractivity contribution in [1.82, 2.24) is 18.7 Å². The number of sulfonamides is 1. The van der Waals surface area contributed by atoms with Crippen LogP contribution < -0.4 is 5.69 Å². The lowest BCUT2D eigenvalue weighted by atomic mass is 9.98. The molecule has 8 heteroatoms. The summed E-state index contributed by atoms with van der Waals surface area (Å²) in [6.07, 6.45) is 1.57. The lowest BCUT2D eigenvalue weighted by Gasteiger charge is -2.32. The molecular weight excluding hydrogens is 364 g/mol. The van der Waals surface area contributed by atoms with Crippen LogP contribution >= 0.6 is 0 Å². The maximum absolute atomic E-state index is 13.2. The summed E-state index contributed by atoms with van der Waals surface area (Å²) in [6, 6.07) is 5.39. The average molecular weight is 393 g/mol. The van der Waals surface area contributed by atoms with Gasteiger partial charge in [0.05, 0.1) is 4.90 Å². The van der Waals surface area contributed by atoms with Crippen molar-refractivity contribution in [2.75, 3.05) is 13.1 Å². The van der Waals surface area contributed by atoms with Gasteiger partial charge in [-0.3, -0.25) is 4.57 Å². The van der Waals surface area contributed by atoms with E-state index in [-0.39, 0.29) is 17.6 Å². The van der Waals surface area contributed by atoms with Crippen LogP contribution in [0, 0.1) is 13.8 Å². The first-order valence-corrected chi connectivity index (χ1v) is 10.8. The standard InChI is InChI=1S/C19H28N4O3S/c1-13(2)23-18(20-21(5)19(23)24)16-7-6-10-22(12-16)27(25,26)17-9-8-14(3)11-15(17)4/h8-9,11,13,16H,6-7,10,12H2,1-5H3. The Bertz CT molecular complexity index is 1000. The van der Waals surface area contributed by atoms with Gasteiger partial charge in [0.25, 0.3) is 0 Å².